The Hall–Kier alpha value is -0.120. The van der Waals surface area contributed by atoms with Gasteiger partial charge in [-0.25, -0.2) is 0 Å². The van der Waals surface area contributed by atoms with Crippen molar-refractivity contribution in [2.75, 3.05) is 19.7 Å². The summed E-state index contributed by atoms with van der Waals surface area (Å²) in [5.41, 5.74) is 5.98. The molecule has 3 heteroatoms. The van der Waals surface area contributed by atoms with E-state index in [9.17, 15) is 0 Å². The fraction of sp³-hybridized carbons (Fsp3) is 1.00. The number of hydrogen-bond donors (Lipinski definition) is 1. The normalized spacial score (nSPS) is 41.3. The Kier molecular flexibility index (Phi) is 2.58. The molecule has 1 saturated carbocycles. The van der Waals surface area contributed by atoms with Crippen molar-refractivity contribution in [3.8, 4) is 0 Å². The van der Waals surface area contributed by atoms with Gasteiger partial charge in [0.05, 0.1) is 12.1 Å². The van der Waals surface area contributed by atoms with E-state index in [1.807, 2.05) is 0 Å². The summed E-state index contributed by atoms with van der Waals surface area (Å²) in [6, 6.07) is 0.861. The highest BCUT2D eigenvalue weighted by atomic mass is 16.5. The van der Waals surface area contributed by atoms with E-state index in [-0.39, 0.29) is 0 Å². The summed E-state index contributed by atoms with van der Waals surface area (Å²) in [6.07, 6.45) is 1.45. The zero-order valence-corrected chi connectivity index (χ0v) is 8.57. The van der Waals surface area contributed by atoms with Crippen LogP contribution in [0, 0.1) is 5.92 Å². The second kappa shape index (κ2) is 3.56. The quantitative estimate of drug-likeness (QED) is 0.692. The van der Waals surface area contributed by atoms with Gasteiger partial charge in [-0.1, -0.05) is 6.92 Å². The predicted molar refractivity (Wildman–Crippen MR) is 52.5 cm³/mol. The van der Waals surface area contributed by atoms with Crippen LogP contribution in [0.5, 0.6) is 0 Å². The first-order chi connectivity index (χ1) is 6.22. The summed E-state index contributed by atoms with van der Waals surface area (Å²) in [4.78, 5) is 2.47. The summed E-state index contributed by atoms with van der Waals surface area (Å²) in [6.45, 7) is 7.58. The first kappa shape index (κ1) is 9.44. The average Bonchev–Trinajstić information content (AvgIpc) is 2.01. The van der Waals surface area contributed by atoms with Gasteiger partial charge >= 0.3 is 0 Å². The topological polar surface area (TPSA) is 38.5 Å². The van der Waals surface area contributed by atoms with E-state index < -0.39 is 0 Å². The summed E-state index contributed by atoms with van der Waals surface area (Å²) < 4.78 is 5.63. The van der Waals surface area contributed by atoms with Crippen LogP contribution >= 0.6 is 0 Å². The van der Waals surface area contributed by atoms with E-state index >= 15 is 0 Å². The lowest BCUT2D eigenvalue weighted by molar-refractivity contribution is -0.108. The van der Waals surface area contributed by atoms with Gasteiger partial charge in [-0.2, -0.15) is 0 Å². The molecular weight excluding hydrogens is 164 g/mol. The van der Waals surface area contributed by atoms with E-state index in [1.54, 1.807) is 0 Å². The molecule has 2 fully saturated rings. The number of rotatable bonds is 3. The van der Waals surface area contributed by atoms with Crippen LogP contribution in [0.15, 0.2) is 0 Å². The van der Waals surface area contributed by atoms with Crippen LogP contribution < -0.4 is 5.73 Å². The van der Waals surface area contributed by atoms with Crippen LogP contribution in [0.1, 0.15) is 20.3 Å². The molecule has 1 heterocycles. The van der Waals surface area contributed by atoms with Gasteiger partial charge in [0, 0.05) is 25.7 Å². The van der Waals surface area contributed by atoms with Gasteiger partial charge in [0.15, 0.2) is 0 Å². The van der Waals surface area contributed by atoms with Gasteiger partial charge in [-0.05, 0) is 19.3 Å². The smallest absolute Gasteiger partial charge is 0.0760 e. The van der Waals surface area contributed by atoms with Crippen LogP contribution in [0.4, 0.5) is 0 Å². The van der Waals surface area contributed by atoms with Crippen molar-refractivity contribution in [2.24, 2.45) is 11.7 Å². The van der Waals surface area contributed by atoms with Gasteiger partial charge in [-0.15, -0.1) is 0 Å². The molecule has 0 aromatic rings. The zero-order valence-electron chi connectivity index (χ0n) is 8.57. The molecule has 0 bridgehead atoms. The van der Waals surface area contributed by atoms with Gasteiger partial charge in [0.1, 0.15) is 0 Å². The minimum atomic E-state index is 0.351. The van der Waals surface area contributed by atoms with E-state index in [4.69, 9.17) is 10.5 Å². The summed E-state index contributed by atoms with van der Waals surface area (Å²) in [5.74, 6) is 0.857. The molecule has 2 aliphatic rings. The van der Waals surface area contributed by atoms with Crippen LogP contribution in [0.3, 0.4) is 0 Å². The molecule has 0 aromatic carbocycles. The lowest BCUT2D eigenvalue weighted by atomic mass is 9.79. The Morgan fingerprint density at radius 3 is 2.62 bits per heavy atom. The maximum absolute atomic E-state index is 5.98. The molecule has 2 N–H and O–H groups in total. The van der Waals surface area contributed by atoms with Crippen molar-refractivity contribution in [2.45, 2.75) is 38.5 Å². The maximum atomic E-state index is 5.98. The molecule has 0 aromatic heterocycles. The summed E-state index contributed by atoms with van der Waals surface area (Å²) in [5, 5.41) is 0. The highest BCUT2D eigenvalue weighted by Crippen LogP contribution is 2.32. The Morgan fingerprint density at radius 2 is 2.15 bits per heavy atom. The van der Waals surface area contributed by atoms with Crippen LogP contribution in [-0.2, 0) is 4.74 Å². The maximum Gasteiger partial charge on any atom is 0.0760 e. The van der Waals surface area contributed by atoms with Crippen LogP contribution in [0.2, 0.25) is 0 Å². The molecule has 0 radical (unpaired) electrons. The molecule has 13 heavy (non-hydrogen) atoms. The van der Waals surface area contributed by atoms with Gasteiger partial charge in [0.2, 0.25) is 0 Å². The van der Waals surface area contributed by atoms with E-state index in [0.29, 0.717) is 18.2 Å². The number of nitrogens with zero attached hydrogens (tertiary/aromatic N) is 1. The molecule has 1 aliphatic carbocycles. The van der Waals surface area contributed by atoms with E-state index in [2.05, 4.69) is 18.7 Å². The van der Waals surface area contributed by atoms with Crippen molar-refractivity contribution < 1.29 is 4.74 Å². The lowest BCUT2D eigenvalue weighted by Crippen LogP contribution is -2.69. The standard InChI is InChI=1S/C10H20N2O/c1-3-13-9-4-8(11)10(9)12-5-7(2)6-12/h7-10H,3-6,11H2,1-2H3. The zero-order chi connectivity index (χ0) is 9.42. The Balaban J connectivity index is 1.82. The Bertz CT molecular complexity index is 170. The summed E-state index contributed by atoms with van der Waals surface area (Å²) in [7, 11) is 0. The SMILES string of the molecule is CCOC1CC(N)C1N1CC(C)C1. The fourth-order valence-electron chi connectivity index (χ4n) is 2.50. The molecule has 1 aliphatic heterocycles. The molecule has 3 unspecified atom stereocenters. The second-order valence-corrected chi connectivity index (χ2v) is 4.44. The van der Waals surface area contributed by atoms with Crippen molar-refractivity contribution >= 4 is 0 Å². The number of ether oxygens (including phenoxy) is 1. The van der Waals surface area contributed by atoms with E-state index in [1.165, 1.54) is 13.1 Å². The van der Waals surface area contributed by atoms with Crippen LogP contribution in [-0.4, -0.2) is 42.8 Å². The Morgan fingerprint density at radius 1 is 1.46 bits per heavy atom. The third-order valence-corrected chi connectivity index (χ3v) is 3.22. The first-order valence-electron chi connectivity index (χ1n) is 5.33. The molecule has 3 atom stereocenters. The van der Waals surface area contributed by atoms with Crippen molar-refractivity contribution in [1.82, 2.24) is 4.90 Å². The molecule has 1 saturated heterocycles. The molecule has 0 spiro atoms. The highest BCUT2D eigenvalue weighted by Gasteiger charge is 2.46. The molecule has 3 nitrogen and oxygen atoms in total. The van der Waals surface area contributed by atoms with Crippen molar-refractivity contribution in [3.63, 3.8) is 0 Å². The monoisotopic (exact) mass is 184 g/mol. The van der Waals surface area contributed by atoms with Crippen LogP contribution in [0.25, 0.3) is 0 Å². The third-order valence-electron chi connectivity index (χ3n) is 3.22. The Labute approximate surface area is 80.2 Å². The third kappa shape index (κ3) is 1.60. The minimum absolute atomic E-state index is 0.351. The molecule has 0 amide bonds. The summed E-state index contributed by atoms with van der Waals surface area (Å²) >= 11 is 0. The molecule has 76 valence electrons. The van der Waals surface area contributed by atoms with Gasteiger partial charge < -0.3 is 10.5 Å². The van der Waals surface area contributed by atoms with E-state index in [0.717, 1.165) is 18.9 Å². The van der Waals surface area contributed by atoms with Crippen molar-refractivity contribution in [1.29, 1.82) is 0 Å². The van der Waals surface area contributed by atoms with Crippen molar-refractivity contribution in [3.05, 3.63) is 0 Å². The molecular formula is C10H20N2O. The minimum Gasteiger partial charge on any atom is -0.377 e. The second-order valence-electron chi connectivity index (χ2n) is 4.44. The van der Waals surface area contributed by atoms with Gasteiger partial charge in [0.25, 0.3) is 0 Å². The number of nitrogens with two attached hydrogens (primary N) is 1. The highest BCUT2D eigenvalue weighted by molar-refractivity contribution is 5.03. The predicted octanol–water partition coefficient (Wildman–Crippen LogP) is 0.443. The molecule has 2 rings (SSSR count). The lowest BCUT2D eigenvalue weighted by Gasteiger charge is -2.53. The van der Waals surface area contributed by atoms with Gasteiger partial charge in [-0.3, -0.25) is 4.90 Å². The number of likely N-dealkylation sites (tertiary alicyclic amines) is 1. The largest absolute Gasteiger partial charge is 0.377 e. The first-order valence-corrected chi connectivity index (χ1v) is 5.33. The fourth-order valence-corrected chi connectivity index (χ4v) is 2.50. The average molecular weight is 184 g/mol. The number of hydrogen-bond acceptors (Lipinski definition) is 3.